The summed E-state index contributed by atoms with van der Waals surface area (Å²) in [6.07, 6.45) is 3.42. The molecule has 1 aliphatic heterocycles. The smallest absolute Gasteiger partial charge is 0.226 e. The summed E-state index contributed by atoms with van der Waals surface area (Å²) >= 11 is 6.03. The fourth-order valence-electron chi connectivity index (χ4n) is 2.03. The van der Waals surface area contributed by atoms with E-state index in [0.29, 0.717) is 11.1 Å². The van der Waals surface area contributed by atoms with E-state index in [9.17, 15) is 0 Å². The van der Waals surface area contributed by atoms with Gasteiger partial charge in [-0.1, -0.05) is 25.4 Å². The van der Waals surface area contributed by atoms with Gasteiger partial charge in [0, 0.05) is 18.8 Å². The molecule has 88 valence electrons. The number of rotatable bonds is 3. The molecule has 0 aromatic carbocycles. The zero-order chi connectivity index (χ0) is 11.5. The van der Waals surface area contributed by atoms with Crippen LogP contribution in [0.15, 0.2) is 6.07 Å². The fraction of sp³-hybridized carbons (Fsp3) is 0.667. The van der Waals surface area contributed by atoms with Crippen LogP contribution in [0.2, 0.25) is 5.15 Å². The molecule has 0 aliphatic carbocycles. The molecule has 4 heteroatoms. The minimum atomic E-state index is 0.563. The molecule has 0 bridgehead atoms. The van der Waals surface area contributed by atoms with Gasteiger partial charge in [-0.15, -0.1) is 0 Å². The Morgan fingerprint density at radius 3 is 2.62 bits per heavy atom. The van der Waals surface area contributed by atoms with Crippen LogP contribution in [-0.4, -0.2) is 23.1 Å². The van der Waals surface area contributed by atoms with E-state index >= 15 is 0 Å². The van der Waals surface area contributed by atoms with Gasteiger partial charge in [0.1, 0.15) is 5.15 Å². The highest BCUT2D eigenvalue weighted by Crippen LogP contribution is 2.19. The molecule has 1 aromatic rings. The van der Waals surface area contributed by atoms with Crippen LogP contribution in [0.1, 0.15) is 32.4 Å². The molecule has 0 saturated carbocycles. The van der Waals surface area contributed by atoms with Crippen molar-refractivity contribution in [2.75, 3.05) is 18.0 Å². The maximum Gasteiger partial charge on any atom is 0.226 e. The standard InChI is InChI=1S/C12H18ClN3/c1-9(2)7-10-8-11(13)15-12(14-10)16-5-3-4-6-16/h8-9H,3-7H2,1-2H3. The molecule has 0 amide bonds. The zero-order valence-electron chi connectivity index (χ0n) is 9.91. The van der Waals surface area contributed by atoms with Crippen molar-refractivity contribution in [1.29, 1.82) is 0 Å². The Morgan fingerprint density at radius 1 is 1.31 bits per heavy atom. The number of halogens is 1. The molecule has 0 N–H and O–H groups in total. The van der Waals surface area contributed by atoms with Crippen LogP contribution in [0.4, 0.5) is 5.95 Å². The van der Waals surface area contributed by atoms with E-state index in [-0.39, 0.29) is 0 Å². The summed E-state index contributed by atoms with van der Waals surface area (Å²) < 4.78 is 0. The Morgan fingerprint density at radius 2 is 2.00 bits per heavy atom. The van der Waals surface area contributed by atoms with Crippen molar-refractivity contribution in [3.8, 4) is 0 Å². The molecule has 2 rings (SSSR count). The zero-order valence-corrected chi connectivity index (χ0v) is 10.7. The van der Waals surface area contributed by atoms with E-state index in [1.165, 1.54) is 12.8 Å². The Bertz CT molecular complexity index is 359. The third-order valence-corrected chi connectivity index (χ3v) is 2.94. The highest BCUT2D eigenvalue weighted by molar-refractivity contribution is 6.29. The molecule has 1 aromatic heterocycles. The topological polar surface area (TPSA) is 29.0 Å². The highest BCUT2D eigenvalue weighted by Gasteiger charge is 2.16. The highest BCUT2D eigenvalue weighted by atomic mass is 35.5. The Labute approximate surface area is 102 Å². The third-order valence-electron chi connectivity index (χ3n) is 2.74. The van der Waals surface area contributed by atoms with Gasteiger partial charge in [-0.3, -0.25) is 0 Å². The summed E-state index contributed by atoms with van der Waals surface area (Å²) in [5.41, 5.74) is 1.05. The lowest BCUT2D eigenvalue weighted by atomic mass is 10.1. The lowest BCUT2D eigenvalue weighted by molar-refractivity contribution is 0.633. The first kappa shape index (κ1) is 11.6. The maximum atomic E-state index is 6.03. The number of hydrogen-bond donors (Lipinski definition) is 0. The van der Waals surface area contributed by atoms with Crippen LogP contribution in [-0.2, 0) is 6.42 Å². The average Bonchev–Trinajstić information content (AvgIpc) is 2.67. The molecule has 1 saturated heterocycles. The summed E-state index contributed by atoms with van der Waals surface area (Å²) in [7, 11) is 0. The van der Waals surface area contributed by atoms with Crippen LogP contribution >= 0.6 is 11.6 Å². The summed E-state index contributed by atoms with van der Waals surface area (Å²) in [4.78, 5) is 11.1. The summed E-state index contributed by atoms with van der Waals surface area (Å²) in [5.74, 6) is 1.40. The van der Waals surface area contributed by atoms with Gasteiger partial charge >= 0.3 is 0 Å². The lowest BCUT2D eigenvalue weighted by Crippen LogP contribution is -2.21. The SMILES string of the molecule is CC(C)Cc1cc(Cl)nc(N2CCCC2)n1. The van der Waals surface area contributed by atoms with Gasteiger partial charge in [-0.25, -0.2) is 9.97 Å². The normalized spacial score (nSPS) is 16.1. The number of hydrogen-bond acceptors (Lipinski definition) is 3. The van der Waals surface area contributed by atoms with Gasteiger partial charge in [-0.2, -0.15) is 0 Å². The maximum absolute atomic E-state index is 6.03. The second-order valence-corrected chi connectivity index (χ2v) is 5.16. The van der Waals surface area contributed by atoms with Crippen molar-refractivity contribution in [2.24, 2.45) is 5.92 Å². The van der Waals surface area contributed by atoms with Crippen molar-refractivity contribution in [3.63, 3.8) is 0 Å². The van der Waals surface area contributed by atoms with Crippen molar-refractivity contribution in [1.82, 2.24) is 9.97 Å². The number of nitrogens with zero attached hydrogens (tertiary/aromatic N) is 3. The van der Waals surface area contributed by atoms with E-state index in [0.717, 1.165) is 31.2 Å². The van der Waals surface area contributed by atoms with Gasteiger partial charge in [0.05, 0.1) is 0 Å². The molecule has 0 radical (unpaired) electrons. The molecule has 16 heavy (non-hydrogen) atoms. The van der Waals surface area contributed by atoms with E-state index in [4.69, 9.17) is 11.6 Å². The van der Waals surface area contributed by atoms with Gasteiger partial charge in [0.25, 0.3) is 0 Å². The minimum Gasteiger partial charge on any atom is -0.341 e. The van der Waals surface area contributed by atoms with Gasteiger partial charge in [0.15, 0.2) is 0 Å². The summed E-state index contributed by atoms with van der Waals surface area (Å²) in [6, 6.07) is 1.88. The molecule has 1 fully saturated rings. The molecule has 1 aliphatic rings. The fourth-order valence-corrected chi connectivity index (χ4v) is 2.23. The van der Waals surface area contributed by atoms with E-state index in [2.05, 4.69) is 28.7 Å². The van der Waals surface area contributed by atoms with Crippen molar-refractivity contribution in [3.05, 3.63) is 16.9 Å². The summed E-state index contributed by atoms with van der Waals surface area (Å²) in [5, 5.41) is 0.563. The first-order chi connectivity index (χ1) is 7.65. The average molecular weight is 240 g/mol. The van der Waals surface area contributed by atoms with Gasteiger partial charge in [-0.05, 0) is 31.2 Å². The molecule has 0 spiro atoms. The van der Waals surface area contributed by atoms with Crippen LogP contribution in [0.3, 0.4) is 0 Å². The quantitative estimate of drug-likeness (QED) is 0.760. The van der Waals surface area contributed by atoms with E-state index in [1.807, 2.05) is 6.07 Å². The molecular formula is C12H18ClN3. The minimum absolute atomic E-state index is 0.563. The molecule has 0 atom stereocenters. The number of aromatic nitrogens is 2. The van der Waals surface area contributed by atoms with Crippen LogP contribution in [0.5, 0.6) is 0 Å². The lowest BCUT2D eigenvalue weighted by Gasteiger charge is -2.16. The molecule has 3 nitrogen and oxygen atoms in total. The van der Waals surface area contributed by atoms with E-state index in [1.54, 1.807) is 0 Å². The van der Waals surface area contributed by atoms with Gasteiger partial charge in [0.2, 0.25) is 5.95 Å². The number of anilines is 1. The molecular weight excluding hydrogens is 222 g/mol. The first-order valence-corrected chi connectivity index (χ1v) is 6.31. The van der Waals surface area contributed by atoms with E-state index < -0.39 is 0 Å². The molecule has 0 unspecified atom stereocenters. The Hall–Kier alpha value is -0.830. The third kappa shape index (κ3) is 2.85. The Balaban J connectivity index is 2.20. The Kier molecular flexibility index (Phi) is 3.64. The predicted octanol–water partition coefficient (Wildman–Crippen LogP) is 2.93. The van der Waals surface area contributed by atoms with Crippen LogP contribution < -0.4 is 4.90 Å². The monoisotopic (exact) mass is 239 g/mol. The largest absolute Gasteiger partial charge is 0.341 e. The second-order valence-electron chi connectivity index (χ2n) is 4.77. The van der Waals surface area contributed by atoms with Gasteiger partial charge < -0.3 is 4.90 Å². The van der Waals surface area contributed by atoms with Crippen molar-refractivity contribution < 1.29 is 0 Å². The van der Waals surface area contributed by atoms with Crippen molar-refractivity contribution in [2.45, 2.75) is 33.1 Å². The first-order valence-electron chi connectivity index (χ1n) is 5.93. The molecule has 2 heterocycles. The summed E-state index contributed by atoms with van der Waals surface area (Å²) in [6.45, 7) is 6.49. The van der Waals surface area contributed by atoms with Crippen LogP contribution in [0, 0.1) is 5.92 Å². The second kappa shape index (κ2) is 5.00. The van der Waals surface area contributed by atoms with Crippen molar-refractivity contribution >= 4 is 17.5 Å². The predicted molar refractivity (Wildman–Crippen MR) is 67.0 cm³/mol. The van der Waals surface area contributed by atoms with Crippen LogP contribution in [0.25, 0.3) is 0 Å².